The molecule has 2 rings (SSSR count). The van der Waals surface area contributed by atoms with Gasteiger partial charge in [-0.2, -0.15) is 0 Å². The summed E-state index contributed by atoms with van der Waals surface area (Å²) in [6, 6.07) is 6.65. The number of halogens is 1. The third-order valence-corrected chi connectivity index (χ3v) is 4.60. The summed E-state index contributed by atoms with van der Waals surface area (Å²) in [6.45, 7) is 0.934. The fourth-order valence-electron chi connectivity index (χ4n) is 2.76. The molecule has 1 heterocycles. The van der Waals surface area contributed by atoms with E-state index in [1.165, 1.54) is 24.8 Å². The van der Waals surface area contributed by atoms with Crippen LogP contribution in [0.1, 0.15) is 43.7 Å². The zero-order valence-electron chi connectivity index (χ0n) is 12.3. The van der Waals surface area contributed by atoms with E-state index in [9.17, 15) is 0 Å². The highest BCUT2D eigenvalue weighted by molar-refractivity contribution is 9.10. The molecule has 2 unspecified atom stereocenters. The average Bonchev–Trinajstić information content (AvgIpc) is 2.49. The number of nitrogens with one attached hydrogen (secondary N) is 1. The molecule has 1 N–H and O–H groups in total. The minimum absolute atomic E-state index is 0.364. The Balaban J connectivity index is 1.94. The summed E-state index contributed by atoms with van der Waals surface area (Å²) in [6.07, 6.45) is 6.40. The molecule has 3 nitrogen and oxygen atoms in total. The van der Waals surface area contributed by atoms with Gasteiger partial charge in [-0.25, -0.2) is 0 Å². The predicted octanol–water partition coefficient (Wildman–Crippen LogP) is 4.07. The second-order valence-electron chi connectivity index (χ2n) is 5.30. The van der Waals surface area contributed by atoms with Crippen molar-refractivity contribution in [1.82, 2.24) is 5.32 Å². The van der Waals surface area contributed by atoms with Gasteiger partial charge in [0, 0.05) is 12.6 Å². The van der Waals surface area contributed by atoms with Crippen molar-refractivity contribution in [3.05, 3.63) is 28.2 Å². The van der Waals surface area contributed by atoms with Crippen molar-refractivity contribution in [3.63, 3.8) is 0 Å². The van der Waals surface area contributed by atoms with Crippen molar-refractivity contribution < 1.29 is 9.47 Å². The first-order chi connectivity index (χ1) is 9.74. The topological polar surface area (TPSA) is 30.5 Å². The van der Waals surface area contributed by atoms with Gasteiger partial charge in [0.25, 0.3) is 0 Å². The van der Waals surface area contributed by atoms with Gasteiger partial charge < -0.3 is 14.8 Å². The van der Waals surface area contributed by atoms with Crippen LogP contribution in [-0.4, -0.2) is 26.9 Å². The van der Waals surface area contributed by atoms with Crippen LogP contribution >= 0.6 is 15.9 Å². The van der Waals surface area contributed by atoms with Crippen molar-refractivity contribution in [1.29, 1.82) is 0 Å². The summed E-state index contributed by atoms with van der Waals surface area (Å²) in [5.74, 6) is 0.874. The van der Waals surface area contributed by atoms with Crippen LogP contribution in [0.5, 0.6) is 5.75 Å². The number of rotatable bonds is 6. The molecule has 2 atom stereocenters. The summed E-state index contributed by atoms with van der Waals surface area (Å²) >= 11 is 3.56. The Labute approximate surface area is 130 Å². The maximum absolute atomic E-state index is 5.81. The van der Waals surface area contributed by atoms with Gasteiger partial charge in [0.05, 0.1) is 17.7 Å². The van der Waals surface area contributed by atoms with Gasteiger partial charge in [0.2, 0.25) is 0 Å². The Bertz CT molecular complexity index is 419. The first kappa shape index (κ1) is 15.8. The van der Waals surface area contributed by atoms with Gasteiger partial charge in [-0.3, -0.25) is 0 Å². The first-order valence-corrected chi connectivity index (χ1v) is 8.16. The number of ether oxygens (including phenoxy) is 2. The van der Waals surface area contributed by atoms with Crippen LogP contribution in [0.4, 0.5) is 0 Å². The molecule has 0 aromatic heterocycles. The minimum Gasteiger partial charge on any atom is -0.496 e. The molecule has 1 saturated heterocycles. The standard InChI is InChI=1S/C16H24BrNO2/c1-18-15(8-7-13-5-3-4-10-20-13)12-6-9-16(19-2)14(17)11-12/h6,9,11,13,15,18H,3-5,7-8,10H2,1-2H3. The lowest BCUT2D eigenvalue weighted by Gasteiger charge is -2.25. The fraction of sp³-hybridized carbons (Fsp3) is 0.625. The number of hydrogen-bond donors (Lipinski definition) is 1. The zero-order chi connectivity index (χ0) is 14.4. The lowest BCUT2D eigenvalue weighted by molar-refractivity contribution is 0.00866. The van der Waals surface area contributed by atoms with Crippen LogP contribution in [0.25, 0.3) is 0 Å². The van der Waals surface area contributed by atoms with E-state index in [0.29, 0.717) is 12.1 Å². The molecule has 4 heteroatoms. The molecular formula is C16H24BrNO2. The van der Waals surface area contributed by atoms with Crippen LogP contribution in [0.3, 0.4) is 0 Å². The molecule has 0 amide bonds. The summed E-state index contributed by atoms with van der Waals surface area (Å²) in [4.78, 5) is 0. The Morgan fingerprint density at radius 2 is 2.30 bits per heavy atom. The van der Waals surface area contributed by atoms with Gasteiger partial charge in [0.15, 0.2) is 0 Å². The highest BCUT2D eigenvalue weighted by Gasteiger charge is 2.17. The van der Waals surface area contributed by atoms with Crippen LogP contribution < -0.4 is 10.1 Å². The molecule has 20 heavy (non-hydrogen) atoms. The van der Waals surface area contributed by atoms with E-state index in [-0.39, 0.29) is 0 Å². The van der Waals surface area contributed by atoms with Gasteiger partial charge in [-0.15, -0.1) is 0 Å². The molecule has 1 aliphatic rings. The van der Waals surface area contributed by atoms with Gasteiger partial charge >= 0.3 is 0 Å². The van der Waals surface area contributed by atoms with Crippen molar-refractivity contribution in [2.45, 2.75) is 44.2 Å². The van der Waals surface area contributed by atoms with Crippen molar-refractivity contribution in [2.75, 3.05) is 20.8 Å². The fourth-order valence-corrected chi connectivity index (χ4v) is 3.32. The van der Waals surface area contributed by atoms with E-state index < -0.39 is 0 Å². The smallest absolute Gasteiger partial charge is 0.133 e. The highest BCUT2D eigenvalue weighted by atomic mass is 79.9. The molecule has 112 valence electrons. The van der Waals surface area contributed by atoms with E-state index in [4.69, 9.17) is 9.47 Å². The molecule has 0 radical (unpaired) electrons. The Hall–Kier alpha value is -0.580. The predicted molar refractivity (Wildman–Crippen MR) is 85.3 cm³/mol. The monoisotopic (exact) mass is 341 g/mol. The molecular weight excluding hydrogens is 318 g/mol. The third-order valence-electron chi connectivity index (χ3n) is 3.98. The zero-order valence-corrected chi connectivity index (χ0v) is 13.9. The maximum Gasteiger partial charge on any atom is 0.133 e. The summed E-state index contributed by atoms with van der Waals surface area (Å²) in [7, 11) is 3.71. The summed E-state index contributed by atoms with van der Waals surface area (Å²) < 4.78 is 12.1. The average molecular weight is 342 g/mol. The van der Waals surface area contributed by atoms with Crippen LogP contribution in [-0.2, 0) is 4.74 Å². The second kappa shape index (κ2) is 8.01. The third kappa shape index (κ3) is 4.21. The number of hydrogen-bond acceptors (Lipinski definition) is 3. The normalized spacial score (nSPS) is 20.6. The van der Waals surface area contributed by atoms with E-state index in [0.717, 1.165) is 29.7 Å². The first-order valence-electron chi connectivity index (χ1n) is 7.37. The SMILES string of the molecule is CNC(CCC1CCCCO1)c1ccc(OC)c(Br)c1. The molecule has 0 aliphatic carbocycles. The van der Waals surface area contributed by atoms with E-state index in [1.807, 2.05) is 13.1 Å². The Morgan fingerprint density at radius 3 is 2.90 bits per heavy atom. The molecule has 1 aromatic rings. The van der Waals surface area contributed by atoms with E-state index in [2.05, 4.69) is 33.4 Å². The van der Waals surface area contributed by atoms with Crippen molar-refractivity contribution in [3.8, 4) is 5.75 Å². The Kier molecular flexibility index (Phi) is 6.33. The molecule has 0 bridgehead atoms. The van der Waals surface area contributed by atoms with Gasteiger partial charge in [0.1, 0.15) is 5.75 Å². The summed E-state index contributed by atoms with van der Waals surface area (Å²) in [5, 5.41) is 3.41. The van der Waals surface area contributed by atoms with Gasteiger partial charge in [-0.1, -0.05) is 6.07 Å². The van der Waals surface area contributed by atoms with E-state index in [1.54, 1.807) is 7.11 Å². The summed E-state index contributed by atoms with van der Waals surface area (Å²) in [5.41, 5.74) is 1.29. The van der Waals surface area contributed by atoms with Gasteiger partial charge in [-0.05, 0) is 72.8 Å². The van der Waals surface area contributed by atoms with E-state index >= 15 is 0 Å². The lowest BCUT2D eigenvalue weighted by atomic mass is 9.97. The maximum atomic E-state index is 5.81. The molecule has 1 aliphatic heterocycles. The number of methoxy groups -OCH3 is 1. The quantitative estimate of drug-likeness (QED) is 0.845. The second-order valence-corrected chi connectivity index (χ2v) is 6.16. The van der Waals surface area contributed by atoms with Crippen molar-refractivity contribution >= 4 is 15.9 Å². The molecule has 0 saturated carbocycles. The molecule has 0 spiro atoms. The van der Waals surface area contributed by atoms with Crippen LogP contribution in [0, 0.1) is 0 Å². The lowest BCUT2D eigenvalue weighted by Crippen LogP contribution is -2.23. The van der Waals surface area contributed by atoms with Crippen LogP contribution in [0.15, 0.2) is 22.7 Å². The number of benzene rings is 1. The van der Waals surface area contributed by atoms with Crippen LogP contribution in [0.2, 0.25) is 0 Å². The molecule has 1 aromatic carbocycles. The van der Waals surface area contributed by atoms with Crippen molar-refractivity contribution in [2.24, 2.45) is 0 Å². The minimum atomic E-state index is 0.364. The molecule has 1 fully saturated rings. The highest BCUT2D eigenvalue weighted by Crippen LogP contribution is 2.30. The Morgan fingerprint density at radius 1 is 1.45 bits per heavy atom. The largest absolute Gasteiger partial charge is 0.496 e.